The molecule has 13 heavy (non-hydrogen) atoms. The second kappa shape index (κ2) is 3.55. The van der Waals surface area contributed by atoms with Gasteiger partial charge >= 0.3 is 0 Å². The molecule has 1 aromatic heterocycles. The minimum Gasteiger partial charge on any atom is -0.177 e. The smallest absolute Gasteiger partial charge is 0.177 e. The number of nitrogens with one attached hydrogen (secondary N) is 1. The fraction of sp³-hybridized carbons (Fsp3) is 0. The Bertz CT molecular complexity index is 392. The molecule has 6 heteroatoms. The first kappa shape index (κ1) is 8.83. The number of nitrogens with zero attached hydrogens (tertiary/aromatic N) is 3. The molecule has 1 aromatic carbocycles. The molecule has 2 aromatic rings. The van der Waals surface area contributed by atoms with E-state index < -0.39 is 0 Å². The zero-order valence-electron chi connectivity index (χ0n) is 6.33. The van der Waals surface area contributed by atoms with Crippen molar-refractivity contribution in [2.45, 2.75) is 0 Å². The molecule has 0 atom stereocenters. The van der Waals surface area contributed by atoms with Crippen molar-refractivity contribution in [1.29, 1.82) is 0 Å². The van der Waals surface area contributed by atoms with Crippen LogP contribution in [0.2, 0.25) is 0 Å². The van der Waals surface area contributed by atoms with Crippen LogP contribution in [0.3, 0.4) is 0 Å². The third-order valence-electron chi connectivity index (χ3n) is 1.47. The van der Waals surface area contributed by atoms with E-state index in [1.54, 1.807) is 0 Å². The third-order valence-corrected chi connectivity index (χ3v) is 2.38. The number of aromatic amines is 1. The van der Waals surface area contributed by atoms with Gasteiger partial charge in [-0.05, 0) is 23.4 Å². The Labute approximate surface area is 91.0 Å². The van der Waals surface area contributed by atoms with Gasteiger partial charge in [-0.25, -0.2) is 0 Å². The van der Waals surface area contributed by atoms with Crippen LogP contribution < -0.4 is 0 Å². The first-order valence-corrected chi connectivity index (χ1v) is 5.04. The van der Waals surface area contributed by atoms with Gasteiger partial charge in [0.2, 0.25) is 5.82 Å². The van der Waals surface area contributed by atoms with Crippen molar-refractivity contribution in [3.05, 3.63) is 27.1 Å². The van der Waals surface area contributed by atoms with Crippen LogP contribution in [-0.2, 0) is 0 Å². The van der Waals surface area contributed by atoms with Gasteiger partial charge in [0.15, 0.2) is 0 Å². The van der Waals surface area contributed by atoms with Crippen LogP contribution in [0, 0.1) is 0 Å². The molecule has 0 spiro atoms. The fourth-order valence-electron chi connectivity index (χ4n) is 0.967. The predicted octanol–water partition coefficient (Wildman–Crippen LogP) is 2.39. The molecule has 0 amide bonds. The van der Waals surface area contributed by atoms with Gasteiger partial charge in [0.25, 0.3) is 0 Å². The zero-order valence-corrected chi connectivity index (χ0v) is 9.50. The van der Waals surface area contributed by atoms with Gasteiger partial charge < -0.3 is 0 Å². The van der Waals surface area contributed by atoms with Crippen molar-refractivity contribution < 1.29 is 0 Å². The number of aromatic nitrogens is 4. The minimum atomic E-state index is 0.585. The zero-order chi connectivity index (χ0) is 9.26. The summed E-state index contributed by atoms with van der Waals surface area (Å²) in [5.41, 5.74) is 0.912. The molecule has 0 aliphatic carbocycles. The summed E-state index contributed by atoms with van der Waals surface area (Å²) in [5, 5.41) is 13.7. The molecule has 66 valence electrons. The molecule has 4 nitrogen and oxygen atoms in total. The van der Waals surface area contributed by atoms with Crippen LogP contribution in [0.25, 0.3) is 11.4 Å². The van der Waals surface area contributed by atoms with Crippen molar-refractivity contribution in [3.8, 4) is 11.4 Å². The molecule has 0 saturated carbocycles. The van der Waals surface area contributed by atoms with Gasteiger partial charge in [-0.15, -0.1) is 10.2 Å². The largest absolute Gasteiger partial charge is 0.204 e. The van der Waals surface area contributed by atoms with Gasteiger partial charge in [-0.1, -0.05) is 31.9 Å². The molecule has 0 saturated heterocycles. The average Bonchev–Trinajstić information content (AvgIpc) is 2.53. The minimum absolute atomic E-state index is 0.585. The summed E-state index contributed by atoms with van der Waals surface area (Å²) >= 11 is 6.76. The molecule has 1 heterocycles. The Morgan fingerprint density at radius 1 is 1.08 bits per heavy atom. The topological polar surface area (TPSA) is 54.5 Å². The van der Waals surface area contributed by atoms with Crippen LogP contribution in [-0.4, -0.2) is 20.6 Å². The van der Waals surface area contributed by atoms with Crippen molar-refractivity contribution in [1.82, 2.24) is 20.6 Å². The standard InChI is InChI=1S/C7H4Br2N4/c8-5-1-4(2-6(9)3-5)7-10-12-13-11-7/h1-3H,(H,10,11,12,13). The molecule has 0 unspecified atom stereocenters. The summed E-state index contributed by atoms with van der Waals surface area (Å²) in [6.07, 6.45) is 0. The predicted molar refractivity (Wildman–Crippen MR) is 55.0 cm³/mol. The maximum atomic E-state index is 3.88. The summed E-state index contributed by atoms with van der Waals surface area (Å²) in [7, 11) is 0. The number of hydrogen-bond donors (Lipinski definition) is 1. The summed E-state index contributed by atoms with van der Waals surface area (Å²) in [6, 6.07) is 5.80. The number of rotatable bonds is 1. The van der Waals surface area contributed by atoms with Crippen LogP contribution in [0.15, 0.2) is 27.1 Å². The van der Waals surface area contributed by atoms with Gasteiger partial charge in [-0.3, -0.25) is 0 Å². The summed E-state index contributed by atoms with van der Waals surface area (Å²) in [5.74, 6) is 0.585. The molecule has 0 aliphatic heterocycles. The first-order valence-electron chi connectivity index (χ1n) is 3.45. The molecule has 0 bridgehead atoms. The SMILES string of the molecule is Brc1cc(Br)cc(-c2nn[nH]n2)c1. The molecule has 0 radical (unpaired) electrons. The van der Waals surface area contributed by atoms with Gasteiger partial charge in [-0.2, -0.15) is 5.21 Å². The number of benzene rings is 1. The van der Waals surface area contributed by atoms with Crippen molar-refractivity contribution in [2.24, 2.45) is 0 Å². The highest BCUT2D eigenvalue weighted by molar-refractivity contribution is 9.11. The monoisotopic (exact) mass is 302 g/mol. The van der Waals surface area contributed by atoms with Crippen molar-refractivity contribution in [3.63, 3.8) is 0 Å². The second-order valence-electron chi connectivity index (χ2n) is 2.39. The normalized spacial score (nSPS) is 10.3. The van der Waals surface area contributed by atoms with Gasteiger partial charge in [0, 0.05) is 14.5 Å². The maximum absolute atomic E-state index is 3.88. The Hall–Kier alpha value is -0.750. The van der Waals surface area contributed by atoms with E-state index in [1.807, 2.05) is 18.2 Å². The van der Waals surface area contributed by atoms with Crippen LogP contribution in [0.1, 0.15) is 0 Å². The van der Waals surface area contributed by atoms with E-state index in [1.165, 1.54) is 0 Å². The van der Waals surface area contributed by atoms with E-state index in [0.717, 1.165) is 14.5 Å². The Kier molecular flexibility index (Phi) is 2.41. The Morgan fingerprint density at radius 3 is 2.31 bits per heavy atom. The van der Waals surface area contributed by atoms with E-state index in [-0.39, 0.29) is 0 Å². The molecular formula is C7H4Br2N4. The van der Waals surface area contributed by atoms with Gasteiger partial charge in [0.05, 0.1) is 0 Å². The number of hydrogen-bond acceptors (Lipinski definition) is 3. The quantitative estimate of drug-likeness (QED) is 0.880. The highest BCUT2D eigenvalue weighted by atomic mass is 79.9. The lowest BCUT2D eigenvalue weighted by Gasteiger charge is -1.97. The van der Waals surface area contributed by atoms with Gasteiger partial charge in [0.1, 0.15) is 0 Å². The van der Waals surface area contributed by atoms with Crippen LogP contribution in [0.4, 0.5) is 0 Å². The van der Waals surface area contributed by atoms with Crippen molar-refractivity contribution >= 4 is 31.9 Å². The van der Waals surface area contributed by atoms with E-state index in [2.05, 4.69) is 52.5 Å². The molecule has 2 rings (SSSR count). The number of H-pyrrole nitrogens is 1. The number of halogens is 2. The Balaban J connectivity index is 2.53. The number of tetrazole rings is 1. The first-order chi connectivity index (χ1) is 6.25. The van der Waals surface area contributed by atoms with E-state index >= 15 is 0 Å². The van der Waals surface area contributed by atoms with Crippen LogP contribution >= 0.6 is 31.9 Å². The van der Waals surface area contributed by atoms with E-state index in [4.69, 9.17) is 0 Å². The third kappa shape index (κ3) is 1.94. The molecule has 1 N–H and O–H groups in total. The summed E-state index contributed by atoms with van der Waals surface area (Å²) < 4.78 is 1.95. The van der Waals surface area contributed by atoms with E-state index in [0.29, 0.717) is 5.82 Å². The van der Waals surface area contributed by atoms with Crippen molar-refractivity contribution in [2.75, 3.05) is 0 Å². The lowest BCUT2D eigenvalue weighted by Crippen LogP contribution is -1.81. The lowest BCUT2D eigenvalue weighted by molar-refractivity contribution is 0.881. The highest BCUT2D eigenvalue weighted by Gasteiger charge is 2.04. The second-order valence-corrected chi connectivity index (χ2v) is 4.22. The highest BCUT2D eigenvalue weighted by Crippen LogP contribution is 2.24. The molecule has 0 fully saturated rings. The molecular weight excluding hydrogens is 300 g/mol. The average molecular weight is 304 g/mol. The molecule has 0 aliphatic rings. The maximum Gasteiger partial charge on any atom is 0.204 e. The lowest BCUT2D eigenvalue weighted by atomic mass is 10.2. The fourth-order valence-corrected chi connectivity index (χ4v) is 2.26. The van der Waals surface area contributed by atoms with Crippen LogP contribution in [0.5, 0.6) is 0 Å². The van der Waals surface area contributed by atoms with E-state index in [9.17, 15) is 0 Å². The Morgan fingerprint density at radius 2 is 1.77 bits per heavy atom. The summed E-state index contributed by atoms with van der Waals surface area (Å²) in [6.45, 7) is 0. The summed E-state index contributed by atoms with van der Waals surface area (Å²) in [4.78, 5) is 0.